The van der Waals surface area contributed by atoms with Gasteiger partial charge in [-0.05, 0) is 63.0 Å². The van der Waals surface area contributed by atoms with Crippen LogP contribution < -0.4 is 0 Å². The minimum atomic E-state index is 0.615. The van der Waals surface area contributed by atoms with Crippen molar-refractivity contribution in [3.8, 4) is 56.5 Å². The highest BCUT2D eigenvalue weighted by atomic mass is 16.3. The molecule has 11 rings (SSSR count). The van der Waals surface area contributed by atoms with Crippen LogP contribution in [0, 0.1) is 0 Å². The molecule has 3 heterocycles. The molecule has 55 heavy (non-hydrogen) atoms. The van der Waals surface area contributed by atoms with E-state index in [1.807, 2.05) is 72.8 Å². The number of aromatic nitrogens is 4. The first-order chi connectivity index (χ1) is 27.2. The second-order valence-corrected chi connectivity index (χ2v) is 13.8. The Labute approximate surface area is 316 Å². The Hall–Kier alpha value is -7.50. The van der Waals surface area contributed by atoms with Gasteiger partial charge in [0, 0.05) is 33.0 Å². The summed E-state index contributed by atoms with van der Waals surface area (Å²) in [6.45, 7) is 0. The van der Waals surface area contributed by atoms with Crippen LogP contribution in [0.3, 0.4) is 0 Å². The molecule has 0 N–H and O–H groups in total. The Morgan fingerprint density at radius 2 is 0.909 bits per heavy atom. The Balaban J connectivity index is 1.10. The van der Waals surface area contributed by atoms with Crippen LogP contribution in [0.4, 0.5) is 0 Å². The molecule has 0 amide bonds. The number of rotatable bonds is 5. The second-order valence-electron chi connectivity index (χ2n) is 13.8. The second kappa shape index (κ2) is 12.6. The molecule has 0 unspecified atom stereocenters. The molecule has 0 radical (unpaired) electrons. The van der Waals surface area contributed by atoms with E-state index in [2.05, 4.69) is 109 Å². The molecule has 0 bridgehead atoms. The molecule has 0 atom stereocenters. The molecule has 11 aromatic rings. The van der Waals surface area contributed by atoms with E-state index in [4.69, 9.17) is 24.4 Å². The first-order valence-electron chi connectivity index (χ1n) is 18.4. The first-order valence-corrected chi connectivity index (χ1v) is 18.4. The Kier molecular flexibility index (Phi) is 7.10. The minimum absolute atomic E-state index is 0.615. The average molecular weight is 703 g/mol. The van der Waals surface area contributed by atoms with Crippen molar-refractivity contribution in [2.24, 2.45) is 0 Å². The summed E-state index contributed by atoms with van der Waals surface area (Å²) in [5, 5.41) is 7.80. The van der Waals surface area contributed by atoms with Crippen molar-refractivity contribution in [3.63, 3.8) is 0 Å². The fourth-order valence-corrected chi connectivity index (χ4v) is 7.86. The number of fused-ring (bicyclic) bond motifs is 8. The van der Waals surface area contributed by atoms with Crippen LogP contribution in [0.15, 0.2) is 186 Å². The van der Waals surface area contributed by atoms with Gasteiger partial charge in [0.25, 0.3) is 0 Å². The smallest absolute Gasteiger partial charge is 0.164 e. The van der Waals surface area contributed by atoms with E-state index in [9.17, 15) is 0 Å². The van der Waals surface area contributed by atoms with E-state index >= 15 is 0 Å². The highest BCUT2D eigenvalue weighted by Gasteiger charge is 2.21. The van der Waals surface area contributed by atoms with Crippen LogP contribution in [-0.2, 0) is 0 Å². The van der Waals surface area contributed by atoms with Crippen LogP contribution in [0.25, 0.3) is 111 Å². The quantitative estimate of drug-likeness (QED) is 0.167. The predicted molar refractivity (Wildman–Crippen MR) is 225 cm³/mol. The van der Waals surface area contributed by atoms with E-state index < -0.39 is 0 Å². The van der Waals surface area contributed by atoms with Crippen LogP contribution in [0.2, 0.25) is 0 Å². The van der Waals surface area contributed by atoms with Gasteiger partial charge in [-0.15, -0.1) is 0 Å². The number of para-hydroxylation sites is 1. The highest BCUT2D eigenvalue weighted by Crippen LogP contribution is 2.43. The molecule has 256 valence electrons. The SMILES string of the molecule is c1ccc(-c2nc(-c3ccccc3)nc(-c3cccc(-c4ccc5nc(-c6cc7ccccc7c7ccccc67)c6c7ccccc7oc6c5c4)c3)n2)cc1. The molecule has 5 nitrogen and oxygen atoms in total. The van der Waals surface area contributed by atoms with Gasteiger partial charge in [-0.3, -0.25) is 0 Å². The van der Waals surface area contributed by atoms with Gasteiger partial charge in [0.2, 0.25) is 0 Å². The molecule has 0 fully saturated rings. The van der Waals surface area contributed by atoms with Crippen molar-refractivity contribution < 1.29 is 4.42 Å². The van der Waals surface area contributed by atoms with Crippen LogP contribution in [-0.4, -0.2) is 19.9 Å². The normalized spacial score (nSPS) is 11.6. The fraction of sp³-hybridized carbons (Fsp3) is 0. The van der Waals surface area contributed by atoms with Gasteiger partial charge < -0.3 is 4.42 Å². The zero-order valence-electron chi connectivity index (χ0n) is 29.5. The highest BCUT2D eigenvalue weighted by molar-refractivity contribution is 6.23. The van der Waals surface area contributed by atoms with E-state index in [0.29, 0.717) is 17.5 Å². The third kappa shape index (κ3) is 5.24. The topological polar surface area (TPSA) is 64.7 Å². The monoisotopic (exact) mass is 702 g/mol. The Bertz CT molecular complexity index is 3210. The van der Waals surface area contributed by atoms with Crippen molar-refractivity contribution >= 4 is 54.4 Å². The van der Waals surface area contributed by atoms with Crippen molar-refractivity contribution in [1.82, 2.24) is 19.9 Å². The maximum absolute atomic E-state index is 6.75. The summed E-state index contributed by atoms with van der Waals surface area (Å²) in [5.41, 5.74) is 9.40. The molecule has 0 saturated heterocycles. The van der Waals surface area contributed by atoms with E-state index in [1.165, 1.54) is 16.2 Å². The molecular weight excluding hydrogens is 673 g/mol. The summed E-state index contributed by atoms with van der Waals surface area (Å²) < 4.78 is 6.75. The lowest BCUT2D eigenvalue weighted by atomic mass is 9.93. The van der Waals surface area contributed by atoms with Gasteiger partial charge >= 0.3 is 0 Å². The van der Waals surface area contributed by atoms with Crippen molar-refractivity contribution in [2.45, 2.75) is 0 Å². The molecule has 0 aliphatic heterocycles. The van der Waals surface area contributed by atoms with E-state index in [0.717, 1.165) is 77.3 Å². The van der Waals surface area contributed by atoms with E-state index in [1.54, 1.807) is 0 Å². The van der Waals surface area contributed by atoms with Gasteiger partial charge in [0.1, 0.15) is 11.2 Å². The summed E-state index contributed by atoms with van der Waals surface area (Å²) >= 11 is 0. The third-order valence-electron chi connectivity index (χ3n) is 10.5. The predicted octanol–water partition coefficient (Wildman–Crippen LogP) is 13.0. The number of pyridine rings is 1. The van der Waals surface area contributed by atoms with Gasteiger partial charge in [-0.2, -0.15) is 0 Å². The van der Waals surface area contributed by atoms with E-state index in [-0.39, 0.29) is 0 Å². The third-order valence-corrected chi connectivity index (χ3v) is 10.5. The lowest BCUT2D eigenvalue weighted by Gasteiger charge is -2.13. The van der Waals surface area contributed by atoms with Gasteiger partial charge in [0.05, 0.1) is 16.6 Å². The molecule has 0 aliphatic carbocycles. The Morgan fingerprint density at radius 1 is 0.345 bits per heavy atom. The summed E-state index contributed by atoms with van der Waals surface area (Å²) in [5.74, 6) is 1.88. The van der Waals surface area contributed by atoms with Crippen LogP contribution in [0.5, 0.6) is 0 Å². The van der Waals surface area contributed by atoms with Gasteiger partial charge in [-0.25, -0.2) is 19.9 Å². The Morgan fingerprint density at radius 3 is 1.65 bits per heavy atom. The number of hydrogen-bond donors (Lipinski definition) is 0. The molecule has 8 aromatic carbocycles. The number of benzene rings is 8. The molecule has 3 aromatic heterocycles. The van der Waals surface area contributed by atoms with Crippen molar-refractivity contribution in [2.75, 3.05) is 0 Å². The zero-order valence-corrected chi connectivity index (χ0v) is 29.5. The molecule has 0 saturated carbocycles. The number of nitrogens with zero attached hydrogens (tertiary/aromatic N) is 4. The van der Waals surface area contributed by atoms with Crippen LogP contribution >= 0.6 is 0 Å². The maximum Gasteiger partial charge on any atom is 0.164 e. The summed E-state index contributed by atoms with van der Waals surface area (Å²) in [7, 11) is 0. The lowest BCUT2D eigenvalue weighted by molar-refractivity contribution is 0.672. The minimum Gasteiger partial charge on any atom is -0.455 e. The molecular formula is C50H30N4O. The summed E-state index contributed by atoms with van der Waals surface area (Å²) in [6, 6.07) is 62.7. The first kappa shape index (κ1) is 31.1. The van der Waals surface area contributed by atoms with Crippen LogP contribution in [0.1, 0.15) is 0 Å². The van der Waals surface area contributed by atoms with Gasteiger partial charge in [0.15, 0.2) is 17.5 Å². The largest absolute Gasteiger partial charge is 0.455 e. The zero-order chi connectivity index (χ0) is 36.3. The number of furan rings is 1. The molecule has 5 heteroatoms. The molecule has 0 spiro atoms. The number of hydrogen-bond acceptors (Lipinski definition) is 5. The van der Waals surface area contributed by atoms with Crippen molar-refractivity contribution in [3.05, 3.63) is 182 Å². The molecule has 0 aliphatic rings. The lowest BCUT2D eigenvalue weighted by Crippen LogP contribution is -2.00. The van der Waals surface area contributed by atoms with Gasteiger partial charge in [-0.1, -0.05) is 152 Å². The summed E-state index contributed by atoms with van der Waals surface area (Å²) in [6.07, 6.45) is 0. The maximum atomic E-state index is 6.75. The summed E-state index contributed by atoms with van der Waals surface area (Å²) in [4.78, 5) is 20.3. The fourth-order valence-electron chi connectivity index (χ4n) is 7.86. The standard InChI is InChI=1S/C50H30N4O/c1-3-14-31(15-4-1)48-52-49(32-16-5-2-6-17-32)54-50(53-48)36-20-13-19-33(28-36)34-26-27-43-42(29-34)47-45(40-24-11-12-25-44(40)55-47)46(51-43)41-30-35-18-7-8-21-37(35)38-22-9-10-23-39(38)41/h1-30H. The average Bonchev–Trinajstić information content (AvgIpc) is 3.66. The van der Waals surface area contributed by atoms with Crippen molar-refractivity contribution in [1.29, 1.82) is 0 Å².